The third-order valence-electron chi connectivity index (χ3n) is 3.52. The summed E-state index contributed by atoms with van der Waals surface area (Å²) in [7, 11) is 1.42. The fraction of sp³-hybridized carbons (Fsp3) is 0.150. The van der Waals surface area contributed by atoms with Crippen LogP contribution in [-0.4, -0.2) is 19.6 Å². The number of aryl methyl sites for hydroxylation is 1. The average Bonchev–Trinajstić information content (AvgIpc) is 2.66. The molecule has 0 aliphatic heterocycles. The van der Waals surface area contributed by atoms with Gasteiger partial charge in [0.05, 0.1) is 12.1 Å². The van der Waals surface area contributed by atoms with Crippen molar-refractivity contribution in [2.24, 2.45) is 0 Å². The molecular formula is C20H16ClN3O3. The van der Waals surface area contributed by atoms with Gasteiger partial charge in [0.15, 0.2) is 18.1 Å². The van der Waals surface area contributed by atoms with Crippen molar-refractivity contribution >= 4 is 29.3 Å². The molecule has 0 fully saturated rings. The molecular weight excluding hydrogens is 366 g/mol. The maximum atomic E-state index is 12.4. The molecule has 27 heavy (non-hydrogen) atoms. The highest BCUT2D eigenvalue weighted by Gasteiger charge is 2.14. The Balaban J connectivity index is 2.29. The summed E-state index contributed by atoms with van der Waals surface area (Å²) in [5.41, 5.74) is 2.03. The molecule has 0 unspecified atom stereocenters. The zero-order chi connectivity index (χ0) is 19.8. The number of nitriles is 2. The topological polar surface area (TPSA) is 95.1 Å². The number of amides is 1. The van der Waals surface area contributed by atoms with Crippen molar-refractivity contribution in [3.8, 4) is 23.6 Å². The highest BCUT2D eigenvalue weighted by Crippen LogP contribution is 2.37. The number of carbonyl (C=O) groups excluding carboxylic acids is 1. The van der Waals surface area contributed by atoms with E-state index in [-0.39, 0.29) is 23.0 Å². The number of halogens is 1. The molecule has 0 heterocycles. The Hall–Kier alpha value is -3.48. The number of ether oxygens (including phenoxy) is 2. The van der Waals surface area contributed by atoms with Crippen LogP contribution in [0.2, 0.25) is 5.02 Å². The number of carbonyl (C=O) groups is 1. The van der Waals surface area contributed by atoms with Crippen LogP contribution in [0.1, 0.15) is 11.1 Å². The molecule has 0 radical (unpaired) electrons. The Morgan fingerprint density at radius 1 is 1.26 bits per heavy atom. The molecule has 0 aliphatic carbocycles. The predicted molar refractivity (Wildman–Crippen MR) is 103 cm³/mol. The minimum Gasteiger partial charge on any atom is -0.493 e. The molecule has 0 spiro atoms. The van der Waals surface area contributed by atoms with Crippen molar-refractivity contribution in [2.45, 2.75) is 6.92 Å². The van der Waals surface area contributed by atoms with Crippen LogP contribution in [-0.2, 0) is 4.79 Å². The number of rotatable bonds is 6. The normalized spacial score (nSPS) is 10.5. The van der Waals surface area contributed by atoms with E-state index < -0.39 is 5.91 Å². The van der Waals surface area contributed by atoms with Gasteiger partial charge in [-0.2, -0.15) is 10.5 Å². The van der Waals surface area contributed by atoms with E-state index in [0.717, 1.165) is 5.56 Å². The summed E-state index contributed by atoms with van der Waals surface area (Å²) >= 11 is 6.17. The molecule has 2 rings (SSSR count). The minimum absolute atomic E-state index is 0.0978. The van der Waals surface area contributed by atoms with Gasteiger partial charge in [-0.3, -0.25) is 4.79 Å². The van der Waals surface area contributed by atoms with Gasteiger partial charge in [-0.15, -0.1) is 0 Å². The fourth-order valence-corrected chi connectivity index (χ4v) is 2.49. The molecule has 1 amide bonds. The Kier molecular flexibility index (Phi) is 6.82. The molecule has 0 saturated heterocycles. The highest BCUT2D eigenvalue weighted by molar-refractivity contribution is 6.32. The number of hydrogen-bond donors (Lipinski definition) is 1. The van der Waals surface area contributed by atoms with Crippen LogP contribution in [0.15, 0.2) is 42.0 Å². The van der Waals surface area contributed by atoms with E-state index in [2.05, 4.69) is 5.32 Å². The van der Waals surface area contributed by atoms with Gasteiger partial charge in [0.2, 0.25) is 0 Å². The maximum absolute atomic E-state index is 12.4. The van der Waals surface area contributed by atoms with Crippen molar-refractivity contribution in [1.82, 2.24) is 0 Å². The third kappa shape index (κ3) is 5.24. The van der Waals surface area contributed by atoms with Gasteiger partial charge in [0.1, 0.15) is 17.7 Å². The molecule has 136 valence electrons. The van der Waals surface area contributed by atoms with Crippen LogP contribution in [0.4, 0.5) is 5.69 Å². The second-order valence-electron chi connectivity index (χ2n) is 5.47. The number of anilines is 1. The summed E-state index contributed by atoms with van der Waals surface area (Å²) in [6.07, 6.45) is 1.39. The van der Waals surface area contributed by atoms with Crippen molar-refractivity contribution in [2.75, 3.05) is 19.0 Å². The van der Waals surface area contributed by atoms with Crippen molar-refractivity contribution in [1.29, 1.82) is 10.5 Å². The number of hydrogen-bond acceptors (Lipinski definition) is 5. The lowest BCUT2D eigenvalue weighted by Gasteiger charge is -2.11. The SMILES string of the molecule is COc1cc(/C=C(/C#N)C(=O)Nc2ccc(C)cc2)cc(Cl)c1OCC#N. The molecule has 6 nitrogen and oxygen atoms in total. The zero-order valence-corrected chi connectivity index (χ0v) is 15.5. The summed E-state index contributed by atoms with van der Waals surface area (Å²) < 4.78 is 10.5. The van der Waals surface area contributed by atoms with Crippen LogP contribution < -0.4 is 14.8 Å². The van der Waals surface area contributed by atoms with Crippen molar-refractivity contribution < 1.29 is 14.3 Å². The van der Waals surface area contributed by atoms with Crippen LogP contribution in [0.3, 0.4) is 0 Å². The molecule has 0 bridgehead atoms. The Morgan fingerprint density at radius 2 is 1.96 bits per heavy atom. The van der Waals surface area contributed by atoms with Crippen LogP contribution in [0.25, 0.3) is 6.08 Å². The predicted octanol–water partition coefficient (Wildman–Crippen LogP) is 4.11. The molecule has 0 aliphatic rings. The zero-order valence-electron chi connectivity index (χ0n) is 14.7. The highest BCUT2D eigenvalue weighted by atomic mass is 35.5. The third-order valence-corrected chi connectivity index (χ3v) is 3.80. The van der Waals surface area contributed by atoms with E-state index in [1.165, 1.54) is 19.3 Å². The second kappa shape index (κ2) is 9.28. The first-order valence-electron chi connectivity index (χ1n) is 7.85. The number of methoxy groups -OCH3 is 1. The van der Waals surface area contributed by atoms with Gasteiger partial charge in [0, 0.05) is 5.69 Å². The summed E-state index contributed by atoms with van der Waals surface area (Å²) in [5.74, 6) is -0.0260. The lowest BCUT2D eigenvalue weighted by molar-refractivity contribution is -0.112. The van der Waals surface area contributed by atoms with Gasteiger partial charge in [-0.25, -0.2) is 0 Å². The summed E-state index contributed by atoms with van der Waals surface area (Å²) in [6.45, 7) is 1.75. The van der Waals surface area contributed by atoms with E-state index in [4.69, 9.17) is 26.3 Å². The van der Waals surface area contributed by atoms with Gasteiger partial charge < -0.3 is 14.8 Å². The van der Waals surface area contributed by atoms with Crippen molar-refractivity contribution in [3.63, 3.8) is 0 Å². The molecule has 1 N–H and O–H groups in total. The molecule has 0 aromatic heterocycles. The molecule has 0 saturated carbocycles. The van der Waals surface area contributed by atoms with Gasteiger partial charge in [-0.1, -0.05) is 29.3 Å². The van der Waals surface area contributed by atoms with Gasteiger partial charge in [-0.05, 0) is 42.8 Å². The lowest BCUT2D eigenvalue weighted by Crippen LogP contribution is -2.13. The molecule has 7 heteroatoms. The first kappa shape index (κ1) is 19.8. The monoisotopic (exact) mass is 381 g/mol. The van der Waals surface area contributed by atoms with Crippen LogP contribution in [0, 0.1) is 29.6 Å². The second-order valence-corrected chi connectivity index (χ2v) is 5.88. The number of nitrogens with one attached hydrogen (secondary N) is 1. The summed E-state index contributed by atoms with van der Waals surface area (Å²) in [5, 5.41) is 20.8. The van der Waals surface area contributed by atoms with Crippen LogP contribution in [0.5, 0.6) is 11.5 Å². The van der Waals surface area contributed by atoms with Crippen molar-refractivity contribution in [3.05, 3.63) is 58.1 Å². The van der Waals surface area contributed by atoms with E-state index >= 15 is 0 Å². The quantitative estimate of drug-likeness (QED) is 0.600. The van der Waals surface area contributed by atoms with Gasteiger partial charge >= 0.3 is 0 Å². The fourth-order valence-electron chi connectivity index (χ4n) is 2.22. The van der Waals surface area contributed by atoms with E-state index in [9.17, 15) is 10.1 Å². The molecule has 2 aromatic rings. The molecule has 2 aromatic carbocycles. The Bertz CT molecular complexity index is 954. The van der Waals surface area contributed by atoms with E-state index in [0.29, 0.717) is 17.0 Å². The first-order chi connectivity index (χ1) is 13.0. The number of nitrogens with zero attached hydrogens (tertiary/aromatic N) is 2. The largest absolute Gasteiger partial charge is 0.493 e. The van der Waals surface area contributed by atoms with Gasteiger partial charge in [0.25, 0.3) is 5.91 Å². The first-order valence-corrected chi connectivity index (χ1v) is 8.23. The van der Waals surface area contributed by atoms with E-state index in [1.807, 2.05) is 31.2 Å². The summed E-state index contributed by atoms with van der Waals surface area (Å²) in [6, 6.07) is 14.0. The lowest BCUT2D eigenvalue weighted by atomic mass is 10.1. The molecule has 0 atom stereocenters. The Morgan fingerprint density at radius 3 is 2.56 bits per heavy atom. The Labute approximate surface area is 162 Å². The summed E-state index contributed by atoms with van der Waals surface area (Å²) in [4.78, 5) is 12.4. The smallest absolute Gasteiger partial charge is 0.266 e. The average molecular weight is 382 g/mol. The van der Waals surface area contributed by atoms with Crippen LogP contribution >= 0.6 is 11.6 Å². The maximum Gasteiger partial charge on any atom is 0.266 e. The van der Waals surface area contributed by atoms with E-state index in [1.54, 1.807) is 18.2 Å². The minimum atomic E-state index is -0.541. The standard InChI is InChI=1S/C20H16ClN3O3/c1-13-3-5-16(6-4-13)24-20(25)15(12-23)9-14-10-17(21)19(27-8-7-22)18(11-14)26-2/h3-6,9-11H,8H2,1-2H3,(H,24,25)/b15-9-. The number of benzene rings is 2.